The van der Waals surface area contributed by atoms with E-state index in [9.17, 15) is 9.18 Å². The average Bonchev–Trinajstić information content (AvgIpc) is 2.69. The molecule has 0 aromatic heterocycles. The SMILES string of the molecule is CC(C)C(=O)NC1(CF)CC1. The summed E-state index contributed by atoms with van der Waals surface area (Å²) in [6, 6.07) is 0. The molecule has 0 aliphatic heterocycles. The fraction of sp³-hybridized carbons (Fsp3) is 0.875. The summed E-state index contributed by atoms with van der Waals surface area (Å²) in [6.07, 6.45) is 1.59. The van der Waals surface area contributed by atoms with Gasteiger partial charge < -0.3 is 5.32 Å². The van der Waals surface area contributed by atoms with Gasteiger partial charge in [0.1, 0.15) is 6.67 Å². The Kier molecular flexibility index (Phi) is 2.16. The van der Waals surface area contributed by atoms with Crippen molar-refractivity contribution in [1.29, 1.82) is 0 Å². The molecule has 1 fully saturated rings. The normalized spacial score (nSPS) is 20.0. The van der Waals surface area contributed by atoms with Crippen LogP contribution in [0.4, 0.5) is 4.39 Å². The van der Waals surface area contributed by atoms with E-state index in [-0.39, 0.29) is 11.8 Å². The minimum Gasteiger partial charge on any atom is -0.348 e. The highest BCUT2D eigenvalue weighted by molar-refractivity contribution is 5.79. The molecule has 0 bridgehead atoms. The molecule has 64 valence electrons. The molecule has 2 nitrogen and oxygen atoms in total. The Morgan fingerprint density at radius 2 is 2.18 bits per heavy atom. The number of amides is 1. The number of hydrogen-bond acceptors (Lipinski definition) is 1. The van der Waals surface area contributed by atoms with Crippen molar-refractivity contribution in [2.45, 2.75) is 32.2 Å². The van der Waals surface area contributed by atoms with Crippen molar-refractivity contribution >= 4 is 5.91 Å². The zero-order valence-corrected chi connectivity index (χ0v) is 6.98. The third-order valence-electron chi connectivity index (χ3n) is 2.02. The van der Waals surface area contributed by atoms with Gasteiger partial charge in [0, 0.05) is 5.92 Å². The lowest BCUT2D eigenvalue weighted by Gasteiger charge is -2.14. The van der Waals surface area contributed by atoms with Crippen LogP contribution in [0.1, 0.15) is 26.7 Å². The highest BCUT2D eigenvalue weighted by Crippen LogP contribution is 2.35. The zero-order chi connectivity index (χ0) is 8.48. The fourth-order valence-electron chi connectivity index (χ4n) is 0.849. The molecule has 0 radical (unpaired) electrons. The molecule has 1 amide bonds. The van der Waals surface area contributed by atoms with Crippen molar-refractivity contribution in [2.24, 2.45) is 5.92 Å². The standard InChI is InChI=1S/C8H14FNO/c1-6(2)7(11)10-8(5-9)3-4-8/h6H,3-5H2,1-2H3,(H,10,11). The molecule has 1 aliphatic carbocycles. The van der Waals surface area contributed by atoms with Crippen LogP contribution in [0.2, 0.25) is 0 Å². The molecule has 0 aromatic carbocycles. The van der Waals surface area contributed by atoms with Crippen molar-refractivity contribution in [2.75, 3.05) is 6.67 Å². The molecule has 0 atom stereocenters. The van der Waals surface area contributed by atoms with Gasteiger partial charge in [-0.15, -0.1) is 0 Å². The van der Waals surface area contributed by atoms with E-state index < -0.39 is 12.2 Å². The zero-order valence-electron chi connectivity index (χ0n) is 6.98. The summed E-state index contributed by atoms with van der Waals surface area (Å²) in [7, 11) is 0. The Labute approximate surface area is 66.2 Å². The topological polar surface area (TPSA) is 29.1 Å². The van der Waals surface area contributed by atoms with Gasteiger partial charge in [-0.2, -0.15) is 0 Å². The first kappa shape index (κ1) is 8.50. The molecule has 1 rings (SSSR count). The van der Waals surface area contributed by atoms with Gasteiger partial charge in [0.15, 0.2) is 0 Å². The van der Waals surface area contributed by atoms with Crippen LogP contribution >= 0.6 is 0 Å². The first-order valence-corrected chi connectivity index (χ1v) is 3.98. The lowest BCUT2D eigenvalue weighted by Crippen LogP contribution is -2.40. The van der Waals surface area contributed by atoms with Crippen molar-refractivity contribution in [1.82, 2.24) is 5.32 Å². The van der Waals surface area contributed by atoms with Gasteiger partial charge in [0.2, 0.25) is 5.91 Å². The van der Waals surface area contributed by atoms with E-state index in [4.69, 9.17) is 0 Å². The summed E-state index contributed by atoms with van der Waals surface area (Å²) in [6.45, 7) is 3.19. The molecule has 0 aromatic rings. The first-order chi connectivity index (χ1) is 5.09. The number of carbonyl (C=O) groups excluding carboxylic acids is 1. The Morgan fingerprint density at radius 1 is 1.64 bits per heavy atom. The highest BCUT2D eigenvalue weighted by atomic mass is 19.1. The predicted octanol–water partition coefficient (Wildman–Crippen LogP) is 1.26. The van der Waals surface area contributed by atoms with Crippen LogP contribution in [-0.4, -0.2) is 18.1 Å². The Hall–Kier alpha value is -0.600. The monoisotopic (exact) mass is 159 g/mol. The average molecular weight is 159 g/mol. The molecule has 0 spiro atoms. The van der Waals surface area contributed by atoms with Crippen molar-refractivity contribution in [3.8, 4) is 0 Å². The van der Waals surface area contributed by atoms with E-state index in [1.54, 1.807) is 0 Å². The predicted molar refractivity (Wildman–Crippen MR) is 40.9 cm³/mol. The summed E-state index contributed by atoms with van der Waals surface area (Å²) in [4.78, 5) is 11.1. The maximum absolute atomic E-state index is 12.2. The van der Waals surface area contributed by atoms with Crippen LogP contribution in [0.15, 0.2) is 0 Å². The molecular weight excluding hydrogens is 145 g/mol. The van der Waals surface area contributed by atoms with Gasteiger partial charge in [-0.05, 0) is 12.8 Å². The van der Waals surface area contributed by atoms with Crippen LogP contribution in [0.25, 0.3) is 0 Å². The molecular formula is C8H14FNO. The molecule has 0 heterocycles. The third kappa shape index (κ3) is 1.91. The van der Waals surface area contributed by atoms with E-state index in [0.29, 0.717) is 0 Å². The maximum Gasteiger partial charge on any atom is 0.223 e. The summed E-state index contributed by atoms with van der Waals surface area (Å²) >= 11 is 0. The van der Waals surface area contributed by atoms with Gasteiger partial charge in [-0.25, -0.2) is 4.39 Å². The molecule has 1 aliphatic rings. The lowest BCUT2D eigenvalue weighted by molar-refractivity contribution is -0.125. The van der Waals surface area contributed by atoms with Gasteiger partial charge in [-0.3, -0.25) is 4.79 Å². The first-order valence-electron chi connectivity index (χ1n) is 3.98. The van der Waals surface area contributed by atoms with E-state index in [1.807, 2.05) is 13.8 Å². The van der Waals surface area contributed by atoms with Gasteiger partial charge >= 0.3 is 0 Å². The van der Waals surface area contributed by atoms with Crippen LogP contribution in [0.3, 0.4) is 0 Å². The second-order valence-corrected chi connectivity index (χ2v) is 3.56. The molecule has 0 unspecified atom stereocenters. The number of halogens is 1. The minimum absolute atomic E-state index is 0.0415. The molecule has 1 N–H and O–H groups in total. The number of nitrogens with one attached hydrogen (secondary N) is 1. The number of carbonyl (C=O) groups is 1. The molecule has 1 saturated carbocycles. The number of hydrogen-bond donors (Lipinski definition) is 1. The van der Waals surface area contributed by atoms with E-state index in [1.165, 1.54) is 0 Å². The molecule has 11 heavy (non-hydrogen) atoms. The molecule has 0 saturated heterocycles. The minimum atomic E-state index is -0.471. The highest BCUT2D eigenvalue weighted by Gasteiger charge is 2.44. The smallest absolute Gasteiger partial charge is 0.223 e. The number of rotatable bonds is 3. The third-order valence-corrected chi connectivity index (χ3v) is 2.02. The summed E-state index contributed by atoms with van der Waals surface area (Å²) in [5.74, 6) is -0.0841. The van der Waals surface area contributed by atoms with Crippen molar-refractivity contribution < 1.29 is 9.18 Å². The second kappa shape index (κ2) is 2.80. The van der Waals surface area contributed by atoms with E-state index in [2.05, 4.69) is 5.32 Å². The van der Waals surface area contributed by atoms with Gasteiger partial charge in [-0.1, -0.05) is 13.8 Å². The summed E-state index contributed by atoms with van der Waals surface area (Å²) in [5.41, 5.74) is -0.471. The second-order valence-electron chi connectivity index (χ2n) is 3.56. The van der Waals surface area contributed by atoms with Crippen LogP contribution in [0.5, 0.6) is 0 Å². The van der Waals surface area contributed by atoms with Crippen LogP contribution in [0, 0.1) is 5.92 Å². The Balaban J connectivity index is 2.36. The van der Waals surface area contributed by atoms with Crippen molar-refractivity contribution in [3.05, 3.63) is 0 Å². The Morgan fingerprint density at radius 3 is 2.45 bits per heavy atom. The Bertz CT molecular complexity index is 163. The fourth-order valence-corrected chi connectivity index (χ4v) is 0.849. The lowest BCUT2D eigenvalue weighted by atomic mass is 10.2. The van der Waals surface area contributed by atoms with Crippen LogP contribution in [-0.2, 0) is 4.79 Å². The summed E-state index contributed by atoms with van der Waals surface area (Å²) in [5, 5.41) is 2.70. The molecule has 3 heteroatoms. The van der Waals surface area contributed by atoms with Crippen molar-refractivity contribution in [3.63, 3.8) is 0 Å². The maximum atomic E-state index is 12.2. The van der Waals surface area contributed by atoms with Gasteiger partial charge in [0.05, 0.1) is 5.54 Å². The number of alkyl halides is 1. The van der Waals surface area contributed by atoms with E-state index in [0.717, 1.165) is 12.8 Å². The van der Waals surface area contributed by atoms with Crippen LogP contribution < -0.4 is 5.32 Å². The quantitative estimate of drug-likeness (QED) is 0.660. The summed E-state index contributed by atoms with van der Waals surface area (Å²) < 4.78 is 12.2. The van der Waals surface area contributed by atoms with E-state index >= 15 is 0 Å². The van der Waals surface area contributed by atoms with Gasteiger partial charge in [0.25, 0.3) is 0 Å². The largest absolute Gasteiger partial charge is 0.348 e.